The Labute approximate surface area is 111 Å². The van der Waals surface area contributed by atoms with Gasteiger partial charge in [0, 0.05) is 25.4 Å². The number of aromatic nitrogens is 2. The van der Waals surface area contributed by atoms with Gasteiger partial charge in [-0.25, -0.2) is 9.37 Å². The van der Waals surface area contributed by atoms with E-state index in [1.807, 2.05) is 7.05 Å². The van der Waals surface area contributed by atoms with E-state index in [0.29, 0.717) is 5.56 Å². The maximum atomic E-state index is 13.1. The molecule has 0 fully saturated rings. The minimum atomic E-state index is -0.348. The van der Waals surface area contributed by atoms with Crippen LogP contribution in [0.15, 0.2) is 23.1 Å². The van der Waals surface area contributed by atoms with Crippen molar-refractivity contribution in [1.29, 1.82) is 0 Å². The summed E-state index contributed by atoms with van der Waals surface area (Å²) >= 11 is 4.93. The largest absolute Gasteiger partial charge is 0.365 e. The molecule has 0 atom stereocenters. The Bertz CT molecular complexity index is 529. The van der Waals surface area contributed by atoms with E-state index in [0.717, 1.165) is 21.2 Å². The van der Waals surface area contributed by atoms with Gasteiger partial charge in [-0.05, 0) is 28.9 Å². The first-order valence-electron chi connectivity index (χ1n) is 5.10. The maximum absolute atomic E-state index is 13.1. The number of thiazole rings is 1. The van der Waals surface area contributed by atoms with Crippen LogP contribution in [0.25, 0.3) is 10.6 Å². The first-order chi connectivity index (χ1) is 8.11. The van der Waals surface area contributed by atoms with Gasteiger partial charge >= 0.3 is 0 Å². The number of rotatable bonds is 3. The Morgan fingerprint density at radius 1 is 1.47 bits per heavy atom. The van der Waals surface area contributed by atoms with E-state index >= 15 is 0 Å². The molecule has 0 aliphatic carbocycles. The van der Waals surface area contributed by atoms with Gasteiger partial charge < -0.3 is 4.90 Å². The van der Waals surface area contributed by atoms with Gasteiger partial charge in [0.2, 0.25) is 0 Å². The van der Waals surface area contributed by atoms with Crippen LogP contribution in [-0.2, 0) is 0 Å². The molecule has 2 heterocycles. The fourth-order valence-electron chi connectivity index (χ4n) is 1.32. The molecule has 2 aromatic rings. The summed E-state index contributed by atoms with van der Waals surface area (Å²) in [6, 6.07) is 1.44. The lowest BCUT2D eigenvalue weighted by Crippen LogP contribution is -2.14. The normalized spacial score (nSPS) is 10.6. The Kier molecular flexibility index (Phi) is 3.73. The molecule has 0 saturated heterocycles. The van der Waals surface area contributed by atoms with Crippen molar-refractivity contribution in [1.82, 2.24) is 9.97 Å². The van der Waals surface area contributed by atoms with Crippen molar-refractivity contribution in [3.63, 3.8) is 0 Å². The van der Waals surface area contributed by atoms with Gasteiger partial charge in [0.05, 0.1) is 6.20 Å². The number of anilines is 1. The second-order valence-electron chi connectivity index (χ2n) is 3.52. The van der Waals surface area contributed by atoms with E-state index < -0.39 is 0 Å². The molecule has 17 heavy (non-hydrogen) atoms. The number of pyridine rings is 1. The summed E-state index contributed by atoms with van der Waals surface area (Å²) in [5.41, 5.74) is 0.700. The molecule has 2 rings (SSSR count). The SMILES string of the molecule is CCN(C)c1sc(-c2cncc(F)c2)nc1Br. The van der Waals surface area contributed by atoms with E-state index in [9.17, 15) is 4.39 Å². The molecule has 6 heteroatoms. The van der Waals surface area contributed by atoms with Gasteiger partial charge in [0.15, 0.2) is 0 Å². The van der Waals surface area contributed by atoms with E-state index in [1.165, 1.54) is 23.6 Å². The monoisotopic (exact) mass is 315 g/mol. The van der Waals surface area contributed by atoms with E-state index in [2.05, 4.69) is 37.7 Å². The maximum Gasteiger partial charge on any atom is 0.142 e. The molecule has 0 N–H and O–H groups in total. The van der Waals surface area contributed by atoms with E-state index in [1.54, 1.807) is 6.20 Å². The molecule has 0 amide bonds. The van der Waals surface area contributed by atoms with Crippen LogP contribution in [0.3, 0.4) is 0 Å². The predicted molar refractivity (Wildman–Crippen MR) is 71.9 cm³/mol. The molecule has 0 radical (unpaired) electrons. The highest BCUT2D eigenvalue weighted by Gasteiger charge is 2.13. The quantitative estimate of drug-likeness (QED) is 0.867. The summed E-state index contributed by atoms with van der Waals surface area (Å²) in [7, 11) is 1.99. The van der Waals surface area contributed by atoms with Gasteiger partial charge in [0.25, 0.3) is 0 Å². The summed E-state index contributed by atoms with van der Waals surface area (Å²) in [4.78, 5) is 10.3. The van der Waals surface area contributed by atoms with Crippen molar-refractivity contribution in [3.8, 4) is 10.6 Å². The predicted octanol–water partition coefficient (Wildman–Crippen LogP) is 3.56. The minimum Gasteiger partial charge on any atom is -0.365 e. The molecule has 0 aromatic carbocycles. The van der Waals surface area contributed by atoms with E-state index in [-0.39, 0.29) is 5.82 Å². The first-order valence-corrected chi connectivity index (χ1v) is 6.71. The van der Waals surface area contributed by atoms with Crippen LogP contribution in [0.5, 0.6) is 0 Å². The molecule has 3 nitrogen and oxygen atoms in total. The van der Waals surface area contributed by atoms with Crippen molar-refractivity contribution in [2.24, 2.45) is 0 Å². The average Bonchev–Trinajstić information content (AvgIpc) is 2.70. The van der Waals surface area contributed by atoms with Gasteiger partial charge in [-0.15, -0.1) is 0 Å². The van der Waals surface area contributed by atoms with Crippen molar-refractivity contribution >= 4 is 32.3 Å². The molecule has 0 spiro atoms. The third kappa shape index (κ3) is 2.63. The molecule has 2 aromatic heterocycles. The molecule has 90 valence electrons. The average molecular weight is 316 g/mol. The summed E-state index contributed by atoms with van der Waals surface area (Å²) in [6.07, 6.45) is 2.80. The van der Waals surface area contributed by atoms with Crippen molar-refractivity contribution < 1.29 is 4.39 Å². The summed E-state index contributed by atoms with van der Waals surface area (Å²) < 4.78 is 13.9. The van der Waals surface area contributed by atoms with Crippen molar-refractivity contribution in [2.75, 3.05) is 18.5 Å². The third-order valence-electron chi connectivity index (χ3n) is 2.34. The van der Waals surface area contributed by atoms with Crippen molar-refractivity contribution in [3.05, 3.63) is 28.9 Å². The van der Waals surface area contributed by atoms with Crippen molar-refractivity contribution in [2.45, 2.75) is 6.92 Å². The second-order valence-corrected chi connectivity index (χ2v) is 5.25. The lowest BCUT2D eigenvalue weighted by Gasteiger charge is -2.13. The summed E-state index contributed by atoms with van der Waals surface area (Å²) in [6.45, 7) is 2.96. The first kappa shape index (κ1) is 12.4. The number of halogens is 2. The van der Waals surface area contributed by atoms with E-state index in [4.69, 9.17) is 0 Å². The smallest absolute Gasteiger partial charge is 0.142 e. The van der Waals surface area contributed by atoms with Crippen LogP contribution in [-0.4, -0.2) is 23.6 Å². The topological polar surface area (TPSA) is 29.0 Å². The lowest BCUT2D eigenvalue weighted by molar-refractivity contribution is 0.622. The van der Waals surface area contributed by atoms with Crippen LogP contribution < -0.4 is 4.90 Å². The van der Waals surface area contributed by atoms with Crippen LogP contribution in [0, 0.1) is 5.82 Å². The highest BCUT2D eigenvalue weighted by Crippen LogP contribution is 2.36. The zero-order valence-corrected chi connectivity index (χ0v) is 11.8. The van der Waals surface area contributed by atoms with Crippen LogP contribution in [0.4, 0.5) is 9.39 Å². The molecule has 0 aliphatic heterocycles. The highest BCUT2D eigenvalue weighted by molar-refractivity contribution is 9.10. The zero-order chi connectivity index (χ0) is 12.4. The number of hydrogen-bond acceptors (Lipinski definition) is 4. The molecule has 0 bridgehead atoms. The van der Waals surface area contributed by atoms with Crippen LogP contribution in [0.1, 0.15) is 6.92 Å². The molecule has 0 saturated carbocycles. The number of nitrogens with zero attached hydrogens (tertiary/aromatic N) is 3. The third-order valence-corrected chi connectivity index (χ3v) is 4.38. The van der Waals surface area contributed by atoms with Gasteiger partial charge in [-0.3, -0.25) is 4.98 Å². The van der Waals surface area contributed by atoms with Gasteiger partial charge in [-0.2, -0.15) is 0 Å². The Morgan fingerprint density at radius 3 is 2.88 bits per heavy atom. The molecule has 0 unspecified atom stereocenters. The summed E-state index contributed by atoms with van der Waals surface area (Å²) in [5.74, 6) is -0.348. The lowest BCUT2D eigenvalue weighted by atomic mass is 10.3. The standard InChI is InChI=1S/C11H11BrFN3S/c1-3-16(2)11-9(12)15-10(17-11)7-4-8(13)6-14-5-7/h4-6H,3H2,1-2H3. The second kappa shape index (κ2) is 5.10. The minimum absolute atomic E-state index is 0.348. The molecular weight excluding hydrogens is 305 g/mol. The zero-order valence-electron chi connectivity index (χ0n) is 9.44. The van der Waals surface area contributed by atoms with Crippen LogP contribution in [0.2, 0.25) is 0 Å². The highest BCUT2D eigenvalue weighted by atomic mass is 79.9. The molecular formula is C11H11BrFN3S. The Hall–Kier alpha value is -1.01. The fraction of sp³-hybridized carbons (Fsp3) is 0.273. The molecule has 0 aliphatic rings. The Balaban J connectivity index is 2.41. The summed E-state index contributed by atoms with van der Waals surface area (Å²) in [5, 5.41) is 1.80. The van der Waals surface area contributed by atoms with Gasteiger partial charge in [-0.1, -0.05) is 11.3 Å². The van der Waals surface area contributed by atoms with Gasteiger partial charge in [0.1, 0.15) is 20.4 Å². The van der Waals surface area contributed by atoms with Crippen LogP contribution >= 0.6 is 27.3 Å². The Morgan fingerprint density at radius 2 is 2.24 bits per heavy atom. The number of hydrogen-bond donors (Lipinski definition) is 0. The fourth-order valence-corrected chi connectivity index (χ4v) is 3.13.